The van der Waals surface area contributed by atoms with E-state index in [4.69, 9.17) is 16.3 Å². The largest absolute Gasteiger partial charge is 0.437 e. The Labute approximate surface area is 122 Å². The number of rotatable bonds is 5. The summed E-state index contributed by atoms with van der Waals surface area (Å²) < 4.78 is 18.4. The molecule has 0 aliphatic rings. The predicted molar refractivity (Wildman–Crippen MR) is 77.7 cm³/mol. The van der Waals surface area contributed by atoms with E-state index in [0.29, 0.717) is 17.7 Å². The van der Waals surface area contributed by atoms with Gasteiger partial charge in [0.1, 0.15) is 11.6 Å². The molecule has 5 heteroatoms. The molecule has 0 aliphatic carbocycles. The Bertz CT molecular complexity index is 573. The Balaban J connectivity index is 2.03. The SMILES string of the molecule is CC(C)NCc1ccc(Oc2ccc(F)cc2Cl)nc1. The summed E-state index contributed by atoms with van der Waals surface area (Å²) in [4.78, 5) is 4.20. The first-order valence-corrected chi connectivity index (χ1v) is 6.73. The molecule has 0 amide bonds. The summed E-state index contributed by atoms with van der Waals surface area (Å²) >= 11 is 5.89. The van der Waals surface area contributed by atoms with Gasteiger partial charge in [-0.1, -0.05) is 31.5 Å². The molecule has 0 saturated heterocycles. The topological polar surface area (TPSA) is 34.1 Å². The Morgan fingerprint density at radius 2 is 2.10 bits per heavy atom. The highest BCUT2D eigenvalue weighted by atomic mass is 35.5. The highest BCUT2D eigenvalue weighted by Gasteiger charge is 2.05. The summed E-state index contributed by atoms with van der Waals surface area (Å²) in [5.41, 5.74) is 1.07. The average molecular weight is 295 g/mol. The fourth-order valence-corrected chi connectivity index (χ4v) is 1.77. The highest BCUT2D eigenvalue weighted by molar-refractivity contribution is 6.32. The molecule has 0 radical (unpaired) electrons. The van der Waals surface area contributed by atoms with Gasteiger partial charge in [-0.3, -0.25) is 0 Å². The highest BCUT2D eigenvalue weighted by Crippen LogP contribution is 2.28. The summed E-state index contributed by atoms with van der Waals surface area (Å²) in [7, 11) is 0. The zero-order valence-electron chi connectivity index (χ0n) is 11.4. The van der Waals surface area contributed by atoms with Crippen LogP contribution in [0.25, 0.3) is 0 Å². The van der Waals surface area contributed by atoms with Crippen LogP contribution in [0.15, 0.2) is 36.5 Å². The van der Waals surface area contributed by atoms with E-state index < -0.39 is 5.82 Å². The molecule has 3 nitrogen and oxygen atoms in total. The number of aromatic nitrogens is 1. The first-order chi connectivity index (χ1) is 9.54. The molecule has 20 heavy (non-hydrogen) atoms. The molecule has 1 heterocycles. The number of nitrogens with one attached hydrogen (secondary N) is 1. The number of ether oxygens (including phenoxy) is 1. The molecular formula is C15H16ClFN2O. The van der Waals surface area contributed by atoms with Crippen molar-refractivity contribution in [3.05, 3.63) is 52.9 Å². The quantitative estimate of drug-likeness (QED) is 0.899. The Morgan fingerprint density at radius 1 is 1.30 bits per heavy atom. The van der Waals surface area contributed by atoms with Crippen LogP contribution in [0.3, 0.4) is 0 Å². The maximum absolute atomic E-state index is 12.9. The van der Waals surface area contributed by atoms with E-state index in [1.54, 1.807) is 12.3 Å². The van der Waals surface area contributed by atoms with Crippen LogP contribution >= 0.6 is 11.6 Å². The lowest BCUT2D eigenvalue weighted by Crippen LogP contribution is -2.21. The Morgan fingerprint density at radius 3 is 2.70 bits per heavy atom. The molecule has 0 atom stereocenters. The number of halogens is 2. The summed E-state index contributed by atoms with van der Waals surface area (Å²) in [5.74, 6) is 0.408. The normalized spacial score (nSPS) is 10.8. The van der Waals surface area contributed by atoms with Crippen LogP contribution in [0.2, 0.25) is 5.02 Å². The molecule has 1 N–H and O–H groups in total. The zero-order chi connectivity index (χ0) is 14.5. The molecule has 0 spiro atoms. The van der Waals surface area contributed by atoms with Gasteiger partial charge in [0.25, 0.3) is 0 Å². The maximum Gasteiger partial charge on any atom is 0.219 e. The van der Waals surface area contributed by atoms with E-state index in [1.807, 2.05) is 6.07 Å². The van der Waals surface area contributed by atoms with Gasteiger partial charge in [0.05, 0.1) is 5.02 Å². The molecule has 106 valence electrons. The molecule has 0 aliphatic heterocycles. The van der Waals surface area contributed by atoms with Crippen molar-refractivity contribution >= 4 is 11.6 Å². The standard InChI is InChI=1S/C15H16ClFN2O/c1-10(2)18-8-11-3-6-15(19-9-11)20-14-5-4-12(17)7-13(14)16/h3-7,9-10,18H,8H2,1-2H3. The van der Waals surface area contributed by atoms with Crippen molar-refractivity contribution in [3.63, 3.8) is 0 Å². The Hall–Kier alpha value is -1.65. The summed E-state index contributed by atoms with van der Waals surface area (Å²) in [5, 5.41) is 3.52. The van der Waals surface area contributed by atoms with Crippen molar-refractivity contribution in [3.8, 4) is 11.6 Å². The minimum Gasteiger partial charge on any atom is -0.437 e. The summed E-state index contributed by atoms with van der Waals surface area (Å²) in [6.07, 6.45) is 1.74. The molecular weight excluding hydrogens is 279 g/mol. The van der Waals surface area contributed by atoms with Gasteiger partial charge in [0.2, 0.25) is 5.88 Å². The third-order valence-corrected chi connectivity index (χ3v) is 2.92. The van der Waals surface area contributed by atoms with Crippen LogP contribution in [0, 0.1) is 5.82 Å². The lowest BCUT2D eigenvalue weighted by molar-refractivity contribution is 0.460. The molecule has 2 rings (SSSR count). The second-order valence-electron chi connectivity index (χ2n) is 4.72. The molecule has 0 unspecified atom stereocenters. The van der Waals surface area contributed by atoms with Gasteiger partial charge < -0.3 is 10.1 Å². The lowest BCUT2D eigenvalue weighted by Gasteiger charge is -2.09. The molecule has 0 bridgehead atoms. The summed E-state index contributed by atoms with van der Waals surface area (Å²) in [6, 6.07) is 8.09. The average Bonchev–Trinajstić information content (AvgIpc) is 2.41. The molecule has 2 aromatic rings. The lowest BCUT2D eigenvalue weighted by atomic mass is 10.2. The number of hydrogen-bond acceptors (Lipinski definition) is 3. The van der Waals surface area contributed by atoms with E-state index in [1.165, 1.54) is 18.2 Å². The zero-order valence-corrected chi connectivity index (χ0v) is 12.1. The number of nitrogens with zero attached hydrogens (tertiary/aromatic N) is 1. The molecule has 1 aromatic heterocycles. The third kappa shape index (κ3) is 4.18. The van der Waals surface area contributed by atoms with Crippen LogP contribution < -0.4 is 10.1 Å². The minimum absolute atomic E-state index is 0.220. The van der Waals surface area contributed by atoms with Gasteiger partial charge in [-0.05, 0) is 23.8 Å². The van der Waals surface area contributed by atoms with Crippen molar-refractivity contribution in [2.24, 2.45) is 0 Å². The van der Waals surface area contributed by atoms with Gasteiger partial charge >= 0.3 is 0 Å². The molecule has 0 fully saturated rings. The monoisotopic (exact) mass is 294 g/mol. The first-order valence-electron chi connectivity index (χ1n) is 6.36. The second kappa shape index (κ2) is 6.68. The van der Waals surface area contributed by atoms with E-state index >= 15 is 0 Å². The van der Waals surface area contributed by atoms with Crippen molar-refractivity contribution in [2.45, 2.75) is 26.4 Å². The van der Waals surface area contributed by atoms with Crippen LogP contribution in [0.5, 0.6) is 11.6 Å². The minimum atomic E-state index is -0.398. The van der Waals surface area contributed by atoms with Crippen molar-refractivity contribution in [1.29, 1.82) is 0 Å². The fourth-order valence-electron chi connectivity index (χ4n) is 1.57. The van der Waals surface area contributed by atoms with Gasteiger partial charge in [0.15, 0.2) is 0 Å². The van der Waals surface area contributed by atoms with E-state index in [2.05, 4.69) is 24.1 Å². The number of hydrogen-bond donors (Lipinski definition) is 1. The van der Waals surface area contributed by atoms with Crippen LogP contribution in [-0.4, -0.2) is 11.0 Å². The van der Waals surface area contributed by atoms with Crippen molar-refractivity contribution < 1.29 is 9.13 Å². The fraction of sp³-hybridized carbons (Fsp3) is 0.267. The molecule has 0 saturated carbocycles. The van der Waals surface area contributed by atoms with Gasteiger partial charge in [-0.2, -0.15) is 0 Å². The van der Waals surface area contributed by atoms with Gasteiger partial charge in [-0.25, -0.2) is 9.37 Å². The van der Waals surface area contributed by atoms with Gasteiger partial charge in [0, 0.05) is 24.8 Å². The van der Waals surface area contributed by atoms with E-state index in [9.17, 15) is 4.39 Å². The van der Waals surface area contributed by atoms with Crippen LogP contribution in [0.4, 0.5) is 4.39 Å². The van der Waals surface area contributed by atoms with Crippen molar-refractivity contribution in [2.75, 3.05) is 0 Å². The first kappa shape index (κ1) is 14.8. The smallest absolute Gasteiger partial charge is 0.219 e. The van der Waals surface area contributed by atoms with Crippen molar-refractivity contribution in [1.82, 2.24) is 10.3 Å². The molecule has 1 aromatic carbocycles. The second-order valence-corrected chi connectivity index (χ2v) is 5.12. The van der Waals surface area contributed by atoms with E-state index in [0.717, 1.165) is 12.1 Å². The predicted octanol–water partition coefficient (Wildman–Crippen LogP) is 4.16. The maximum atomic E-state index is 12.9. The van der Waals surface area contributed by atoms with E-state index in [-0.39, 0.29) is 5.02 Å². The number of pyridine rings is 1. The van der Waals surface area contributed by atoms with Gasteiger partial charge in [-0.15, -0.1) is 0 Å². The number of benzene rings is 1. The Kier molecular flexibility index (Phi) is 4.93. The summed E-state index contributed by atoms with van der Waals surface area (Å²) in [6.45, 7) is 4.92. The van der Waals surface area contributed by atoms with Crippen LogP contribution in [0.1, 0.15) is 19.4 Å². The third-order valence-electron chi connectivity index (χ3n) is 2.62. The van der Waals surface area contributed by atoms with Crippen LogP contribution in [-0.2, 0) is 6.54 Å².